The van der Waals surface area contributed by atoms with Gasteiger partial charge in [0.05, 0.1) is 13.2 Å². The van der Waals surface area contributed by atoms with Crippen LogP contribution in [0.4, 0.5) is 0 Å². The summed E-state index contributed by atoms with van der Waals surface area (Å²) in [5.41, 5.74) is 0. The molecule has 0 unspecified atom stereocenters. The summed E-state index contributed by atoms with van der Waals surface area (Å²) in [6.07, 6.45) is 4.91. The van der Waals surface area contributed by atoms with E-state index >= 15 is 0 Å². The Morgan fingerprint density at radius 3 is 1.50 bits per heavy atom. The molecule has 0 aliphatic rings. The van der Waals surface area contributed by atoms with Gasteiger partial charge in [0.15, 0.2) is 0 Å². The Kier molecular flexibility index (Phi) is 37.9. The van der Waals surface area contributed by atoms with Crippen LogP contribution in [0.25, 0.3) is 0 Å². The predicted octanol–water partition coefficient (Wildman–Crippen LogP) is 1.28. The first-order valence-electron chi connectivity index (χ1n) is 5.62. The maximum atomic E-state index is 8.36. The predicted molar refractivity (Wildman–Crippen MR) is 63.5 cm³/mol. The molecule has 0 saturated heterocycles. The maximum Gasteiger partial charge on any atom is 0.290 e. The third-order valence-electron chi connectivity index (χ3n) is 1.38. The van der Waals surface area contributed by atoms with E-state index in [4.69, 9.17) is 24.9 Å². The van der Waals surface area contributed by atoms with Gasteiger partial charge in [0.1, 0.15) is 0 Å². The van der Waals surface area contributed by atoms with Crippen LogP contribution in [0.5, 0.6) is 0 Å². The van der Waals surface area contributed by atoms with Gasteiger partial charge in [-0.05, 0) is 12.8 Å². The van der Waals surface area contributed by atoms with Crippen molar-refractivity contribution in [2.45, 2.75) is 39.5 Å². The molecule has 0 aromatic heterocycles. The van der Waals surface area contributed by atoms with Crippen LogP contribution in [0, 0.1) is 0 Å². The van der Waals surface area contributed by atoms with Crippen molar-refractivity contribution in [1.82, 2.24) is 0 Å². The fourth-order valence-corrected chi connectivity index (χ4v) is 0.595. The number of aliphatic hydroxyl groups is 2. The summed E-state index contributed by atoms with van der Waals surface area (Å²) < 4.78 is 5.31. The molecule has 0 fully saturated rings. The van der Waals surface area contributed by atoms with E-state index in [1.165, 1.54) is 25.7 Å². The molecule has 0 aliphatic carbocycles. The summed E-state index contributed by atoms with van der Waals surface area (Å²) in [5.74, 6) is 0. The lowest BCUT2D eigenvalue weighted by Gasteiger charge is -1.99. The Morgan fingerprint density at radius 2 is 1.31 bits per heavy atom. The zero-order valence-electron chi connectivity index (χ0n) is 10.4. The van der Waals surface area contributed by atoms with E-state index in [9.17, 15) is 0 Å². The van der Waals surface area contributed by atoms with Crippen molar-refractivity contribution in [1.29, 1.82) is 0 Å². The quantitative estimate of drug-likeness (QED) is 0.459. The second-order valence-corrected chi connectivity index (χ2v) is 2.87. The maximum absolute atomic E-state index is 8.36. The van der Waals surface area contributed by atoms with Crippen molar-refractivity contribution >= 4 is 6.47 Å². The molecular formula is C11H26O5. The number of aliphatic hydroxyl groups excluding tert-OH is 2. The van der Waals surface area contributed by atoms with Crippen molar-refractivity contribution in [2.24, 2.45) is 0 Å². The minimum Gasteiger partial charge on any atom is -0.483 e. The summed E-state index contributed by atoms with van der Waals surface area (Å²) in [6, 6.07) is 0. The standard InChI is InChI=1S/C8H18O.C2H6O2.CH2O2/c1-3-5-7-9-8-6-4-2;3-1-2-4;2-1-3/h3-8H2,1-2H3;3-4H,1-2H2;1H,(H,2,3). The first-order chi connectivity index (χ1) is 7.74. The Labute approximate surface area is 98.1 Å². The van der Waals surface area contributed by atoms with Gasteiger partial charge in [-0.1, -0.05) is 26.7 Å². The van der Waals surface area contributed by atoms with Gasteiger partial charge < -0.3 is 20.1 Å². The van der Waals surface area contributed by atoms with E-state index in [-0.39, 0.29) is 19.7 Å². The smallest absolute Gasteiger partial charge is 0.290 e. The molecule has 5 heteroatoms. The second-order valence-electron chi connectivity index (χ2n) is 2.87. The SMILES string of the molecule is CCCCOCCCC.O=CO.OCCO. The molecule has 0 amide bonds. The van der Waals surface area contributed by atoms with Gasteiger partial charge in [0.2, 0.25) is 0 Å². The van der Waals surface area contributed by atoms with Crippen molar-refractivity contribution < 1.29 is 24.9 Å². The summed E-state index contributed by atoms with van der Waals surface area (Å²) >= 11 is 0. The number of hydrogen-bond acceptors (Lipinski definition) is 4. The van der Waals surface area contributed by atoms with Crippen LogP contribution in [0.2, 0.25) is 0 Å². The highest BCUT2D eigenvalue weighted by Crippen LogP contribution is 1.91. The molecule has 3 N–H and O–H groups in total. The van der Waals surface area contributed by atoms with Crippen molar-refractivity contribution in [3.63, 3.8) is 0 Å². The normalized spacial score (nSPS) is 8.25. The number of ether oxygens (including phenoxy) is 1. The molecule has 0 saturated carbocycles. The van der Waals surface area contributed by atoms with Gasteiger partial charge in [-0.3, -0.25) is 4.79 Å². The van der Waals surface area contributed by atoms with E-state index in [1.54, 1.807) is 0 Å². The lowest BCUT2D eigenvalue weighted by atomic mass is 10.3. The second kappa shape index (κ2) is 29.3. The van der Waals surface area contributed by atoms with Crippen LogP contribution in [0.3, 0.4) is 0 Å². The Bertz CT molecular complexity index is 90.4. The largest absolute Gasteiger partial charge is 0.483 e. The molecule has 0 aromatic carbocycles. The molecule has 0 atom stereocenters. The van der Waals surface area contributed by atoms with E-state index in [2.05, 4.69) is 13.8 Å². The van der Waals surface area contributed by atoms with Crippen LogP contribution < -0.4 is 0 Å². The average molecular weight is 238 g/mol. The van der Waals surface area contributed by atoms with E-state index in [1.807, 2.05) is 0 Å². The molecule has 5 nitrogen and oxygen atoms in total. The Balaban J connectivity index is -0.000000201. The number of unbranched alkanes of at least 4 members (excludes halogenated alkanes) is 2. The summed E-state index contributed by atoms with van der Waals surface area (Å²) in [6.45, 7) is 5.78. The summed E-state index contributed by atoms with van der Waals surface area (Å²) in [7, 11) is 0. The van der Waals surface area contributed by atoms with Crippen LogP contribution in [-0.2, 0) is 9.53 Å². The first kappa shape index (κ1) is 20.7. The highest BCUT2D eigenvalue weighted by atomic mass is 16.5. The zero-order chi connectivity index (χ0) is 13.1. The summed E-state index contributed by atoms with van der Waals surface area (Å²) in [4.78, 5) is 8.36. The number of carbonyl (C=O) groups is 1. The minimum atomic E-state index is -0.250. The molecule has 0 spiro atoms. The highest BCUT2D eigenvalue weighted by Gasteiger charge is 1.84. The van der Waals surface area contributed by atoms with Gasteiger partial charge in [-0.25, -0.2) is 0 Å². The molecule has 0 aromatic rings. The van der Waals surface area contributed by atoms with Gasteiger partial charge in [0, 0.05) is 13.2 Å². The van der Waals surface area contributed by atoms with E-state index in [0.29, 0.717) is 0 Å². The summed E-state index contributed by atoms with van der Waals surface area (Å²) in [5, 5.41) is 22.1. The molecule has 0 radical (unpaired) electrons. The van der Waals surface area contributed by atoms with Crippen LogP contribution in [0.15, 0.2) is 0 Å². The molecule has 16 heavy (non-hydrogen) atoms. The van der Waals surface area contributed by atoms with Gasteiger partial charge >= 0.3 is 0 Å². The highest BCUT2D eigenvalue weighted by molar-refractivity contribution is 5.32. The third-order valence-corrected chi connectivity index (χ3v) is 1.38. The van der Waals surface area contributed by atoms with Crippen molar-refractivity contribution in [2.75, 3.05) is 26.4 Å². The molecule has 0 aliphatic heterocycles. The Hall–Kier alpha value is -0.650. The van der Waals surface area contributed by atoms with E-state index < -0.39 is 0 Å². The van der Waals surface area contributed by atoms with Gasteiger partial charge in [0.25, 0.3) is 6.47 Å². The van der Waals surface area contributed by atoms with Crippen molar-refractivity contribution in [3.8, 4) is 0 Å². The molecule has 100 valence electrons. The number of rotatable bonds is 7. The zero-order valence-corrected chi connectivity index (χ0v) is 10.4. The lowest BCUT2D eigenvalue weighted by molar-refractivity contribution is -0.122. The number of hydrogen-bond donors (Lipinski definition) is 3. The first-order valence-corrected chi connectivity index (χ1v) is 5.62. The van der Waals surface area contributed by atoms with Crippen molar-refractivity contribution in [3.05, 3.63) is 0 Å². The van der Waals surface area contributed by atoms with Crippen LogP contribution >= 0.6 is 0 Å². The molecular weight excluding hydrogens is 212 g/mol. The van der Waals surface area contributed by atoms with Crippen LogP contribution in [0.1, 0.15) is 39.5 Å². The van der Waals surface area contributed by atoms with Crippen LogP contribution in [-0.4, -0.2) is 48.2 Å². The van der Waals surface area contributed by atoms with Gasteiger partial charge in [-0.15, -0.1) is 0 Å². The fourth-order valence-electron chi connectivity index (χ4n) is 0.595. The molecule has 0 rings (SSSR count). The fraction of sp³-hybridized carbons (Fsp3) is 0.909. The Morgan fingerprint density at radius 1 is 1.00 bits per heavy atom. The molecule has 0 heterocycles. The topological polar surface area (TPSA) is 87.0 Å². The molecule has 0 bridgehead atoms. The lowest BCUT2D eigenvalue weighted by Crippen LogP contribution is -1.95. The number of carboxylic acid groups (broad SMARTS) is 1. The average Bonchev–Trinajstić information content (AvgIpc) is 2.30. The third kappa shape index (κ3) is 50.5. The van der Waals surface area contributed by atoms with Gasteiger partial charge in [-0.2, -0.15) is 0 Å². The monoisotopic (exact) mass is 238 g/mol. The minimum absolute atomic E-state index is 0.125. The van der Waals surface area contributed by atoms with E-state index in [0.717, 1.165) is 13.2 Å².